The molecule has 1 atom stereocenters. The number of hydrogen-bond acceptors (Lipinski definition) is 4. The molecule has 1 aliphatic rings. The number of unbranched alkanes of at least 4 members (excludes halogenated alkanes) is 26. The Kier molecular flexibility index (Phi) is 29.3. The van der Waals surface area contributed by atoms with Gasteiger partial charge in [0.2, 0.25) is 0 Å². The third kappa shape index (κ3) is 24.0. The lowest BCUT2D eigenvalue weighted by Crippen LogP contribution is -2.27. The van der Waals surface area contributed by atoms with Crippen molar-refractivity contribution in [1.29, 1.82) is 0 Å². The lowest BCUT2D eigenvalue weighted by Gasteiger charge is -2.21. The summed E-state index contributed by atoms with van der Waals surface area (Å²) in [7, 11) is 0. The van der Waals surface area contributed by atoms with Crippen molar-refractivity contribution in [3.05, 3.63) is 11.6 Å². The van der Waals surface area contributed by atoms with Gasteiger partial charge in [0.1, 0.15) is 0 Å². The van der Waals surface area contributed by atoms with Crippen LogP contribution in [0.1, 0.15) is 213 Å². The van der Waals surface area contributed by atoms with Crippen molar-refractivity contribution in [2.24, 2.45) is 5.92 Å². The number of ether oxygens (including phenoxy) is 2. The van der Waals surface area contributed by atoms with E-state index in [1.165, 1.54) is 154 Å². The molecule has 4 heteroatoms. The van der Waals surface area contributed by atoms with E-state index in [4.69, 9.17) is 9.47 Å². The Morgan fingerprint density at radius 3 is 1.25 bits per heavy atom. The molecule has 4 nitrogen and oxygen atoms in total. The van der Waals surface area contributed by atoms with Gasteiger partial charge < -0.3 is 9.47 Å². The summed E-state index contributed by atoms with van der Waals surface area (Å²) < 4.78 is 11.2. The molecule has 0 fully saturated rings. The highest BCUT2D eigenvalue weighted by Crippen LogP contribution is 2.27. The maximum atomic E-state index is 12.8. The average Bonchev–Trinajstić information content (AvgIpc) is 3.04. The number of carbonyl (C=O) groups excluding carboxylic acids is 2. The third-order valence-corrected chi connectivity index (χ3v) is 9.43. The van der Waals surface area contributed by atoms with E-state index in [1.54, 1.807) is 0 Å². The zero-order chi connectivity index (χ0) is 31.8. The Bertz CT molecular complexity index is 685. The number of carbonyl (C=O) groups is 2. The predicted molar refractivity (Wildman–Crippen MR) is 188 cm³/mol. The topological polar surface area (TPSA) is 52.6 Å². The monoisotopic (exact) mass is 619 g/mol. The fraction of sp³-hybridized carbons (Fsp3) is 0.900. The van der Waals surface area contributed by atoms with Gasteiger partial charge in [-0.05, 0) is 32.1 Å². The van der Waals surface area contributed by atoms with E-state index in [-0.39, 0.29) is 11.9 Å². The molecule has 0 aromatic rings. The number of hydrogen-bond donors (Lipinski definition) is 0. The Hall–Kier alpha value is -1.32. The second-order valence-electron chi connectivity index (χ2n) is 13.6. The van der Waals surface area contributed by atoms with E-state index in [2.05, 4.69) is 13.8 Å². The second kappa shape index (κ2) is 31.7. The molecule has 0 amide bonds. The van der Waals surface area contributed by atoms with Crippen LogP contribution in [0.15, 0.2) is 11.6 Å². The molecule has 0 spiro atoms. The van der Waals surface area contributed by atoms with Gasteiger partial charge in [-0.2, -0.15) is 0 Å². The van der Waals surface area contributed by atoms with Crippen LogP contribution in [-0.2, 0) is 19.1 Å². The number of esters is 2. The first-order valence-electron chi connectivity index (χ1n) is 19.7. The van der Waals surface area contributed by atoms with Crippen LogP contribution in [-0.4, -0.2) is 25.2 Å². The van der Waals surface area contributed by atoms with Gasteiger partial charge in [0.05, 0.1) is 19.1 Å². The molecule has 1 unspecified atom stereocenters. The molecule has 0 bridgehead atoms. The number of rotatable bonds is 32. The Morgan fingerprint density at radius 1 is 0.523 bits per heavy atom. The van der Waals surface area contributed by atoms with Gasteiger partial charge >= 0.3 is 11.9 Å². The normalized spacial score (nSPS) is 14.9. The minimum absolute atomic E-state index is 0.237. The van der Waals surface area contributed by atoms with Crippen molar-refractivity contribution >= 4 is 11.9 Å². The first kappa shape index (κ1) is 40.7. The Morgan fingerprint density at radius 2 is 0.864 bits per heavy atom. The maximum absolute atomic E-state index is 12.8. The predicted octanol–water partition coefficient (Wildman–Crippen LogP) is 12.8. The van der Waals surface area contributed by atoms with E-state index in [1.807, 2.05) is 6.08 Å². The molecule has 1 aliphatic carbocycles. The van der Waals surface area contributed by atoms with Crippen molar-refractivity contribution in [2.75, 3.05) is 13.2 Å². The fourth-order valence-electron chi connectivity index (χ4n) is 6.46. The Balaban J connectivity index is 1.99. The summed E-state index contributed by atoms with van der Waals surface area (Å²) >= 11 is 0. The highest BCUT2D eigenvalue weighted by Gasteiger charge is 2.31. The molecule has 44 heavy (non-hydrogen) atoms. The van der Waals surface area contributed by atoms with Gasteiger partial charge in [0.15, 0.2) is 0 Å². The van der Waals surface area contributed by atoms with E-state index in [0.29, 0.717) is 25.2 Å². The molecule has 0 saturated carbocycles. The SMILES string of the molecule is CCCCCCCCCCCCCCCCOC(=O)C1=CCCCC1C(=O)OCCCCCCCCCCCCCCCC. The summed E-state index contributed by atoms with van der Waals surface area (Å²) in [5, 5.41) is 0. The van der Waals surface area contributed by atoms with Crippen LogP contribution in [0.4, 0.5) is 0 Å². The summed E-state index contributed by atoms with van der Waals surface area (Å²) in [6.07, 6.45) is 41.1. The van der Waals surface area contributed by atoms with Crippen LogP contribution in [0.25, 0.3) is 0 Å². The third-order valence-electron chi connectivity index (χ3n) is 9.43. The van der Waals surface area contributed by atoms with Crippen molar-refractivity contribution < 1.29 is 19.1 Å². The smallest absolute Gasteiger partial charge is 0.334 e. The summed E-state index contributed by atoms with van der Waals surface area (Å²) in [5.74, 6) is -0.990. The minimum atomic E-state index is -0.445. The molecule has 0 aromatic heterocycles. The van der Waals surface area contributed by atoms with Crippen LogP contribution in [0.2, 0.25) is 0 Å². The van der Waals surface area contributed by atoms with Crippen LogP contribution < -0.4 is 0 Å². The summed E-state index contributed by atoms with van der Waals surface area (Å²) in [6.45, 7) is 5.47. The van der Waals surface area contributed by atoms with Gasteiger partial charge in [-0.15, -0.1) is 0 Å². The summed E-state index contributed by atoms with van der Waals surface area (Å²) in [4.78, 5) is 25.6. The van der Waals surface area contributed by atoms with Crippen LogP contribution >= 0.6 is 0 Å². The second-order valence-corrected chi connectivity index (χ2v) is 13.6. The first-order valence-corrected chi connectivity index (χ1v) is 19.7. The highest BCUT2D eigenvalue weighted by atomic mass is 16.5. The van der Waals surface area contributed by atoms with Crippen molar-refractivity contribution in [2.45, 2.75) is 213 Å². The quantitative estimate of drug-likeness (QED) is 0.0556. The highest BCUT2D eigenvalue weighted by molar-refractivity contribution is 5.95. The van der Waals surface area contributed by atoms with Gasteiger partial charge in [-0.1, -0.05) is 187 Å². The standard InChI is InChI=1S/C40H74O4/c1-3-5-7-9-11-13-15-17-19-21-23-25-27-31-35-43-39(41)37-33-29-30-34-38(37)40(42)44-36-32-28-26-24-22-20-18-16-14-12-10-8-6-4-2/h33,38H,3-32,34-36H2,1-2H3. The molecule has 0 aliphatic heterocycles. The molecule has 0 aromatic carbocycles. The molecule has 0 N–H and O–H groups in total. The molecular weight excluding hydrogens is 544 g/mol. The minimum Gasteiger partial charge on any atom is -0.465 e. The molecular formula is C40H74O4. The van der Waals surface area contributed by atoms with Crippen LogP contribution in [0.5, 0.6) is 0 Å². The van der Waals surface area contributed by atoms with Crippen molar-refractivity contribution in [1.82, 2.24) is 0 Å². The van der Waals surface area contributed by atoms with Crippen LogP contribution in [0.3, 0.4) is 0 Å². The van der Waals surface area contributed by atoms with E-state index >= 15 is 0 Å². The zero-order valence-corrected chi connectivity index (χ0v) is 29.6. The van der Waals surface area contributed by atoms with Gasteiger partial charge in [-0.3, -0.25) is 4.79 Å². The summed E-state index contributed by atoms with van der Waals surface area (Å²) in [5.41, 5.74) is 0.535. The molecule has 0 saturated heterocycles. The average molecular weight is 619 g/mol. The van der Waals surface area contributed by atoms with Crippen molar-refractivity contribution in [3.63, 3.8) is 0 Å². The number of allylic oxidation sites excluding steroid dienone is 1. The zero-order valence-electron chi connectivity index (χ0n) is 29.6. The van der Waals surface area contributed by atoms with Crippen LogP contribution in [0, 0.1) is 5.92 Å². The Labute approximate surface area is 274 Å². The van der Waals surface area contributed by atoms with E-state index in [0.717, 1.165) is 38.5 Å². The lowest BCUT2D eigenvalue weighted by atomic mass is 9.87. The lowest BCUT2D eigenvalue weighted by molar-refractivity contribution is -0.151. The molecule has 0 radical (unpaired) electrons. The molecule has 0 heterocycles. The largest absolute Gasteiger partial charge is 0.465 e. The molecule has 1 rings (SSSR count). The first-order chi connectivity index (χ1) is 21.7. The van der Waals surface area contributed by atoms with E-state index in [9.17, 15) is 9.59 Å². The van der Waals surface area contributed by atoms with Gasteiger partial charge in [-0.25, -0.2) is 4.79 Å². The summed E-state index contributed by atoms with van der Waals surface area (Å²) in [6, 6.07) is 0. The van der Waals surface area contributed by atoms with Gasteiger partial charge in [0, 0.05) is 5.57 Å². The maximum Gasteiger partial charge on any atom is 0.334 e. The van der Waals surface area contributed by atoms with E-state index < -0.39 is 5.92 Å². The molecule has 258 valence electrons. The van der Waals surface area contributed by atoms with Gasteiger partial charge in [0.25, 0.3) is 0 Å². The fourth-order valence-corrected chi connectivity index (χ4v) is 6.46. The van der Waals surface area contributed by atoms with Crippen molar-refractivity contribution in [3.8, 4) is 0 Å².